The summed E-state index contributed by atoms with van der Waals surface area (Å²) in [5, 5.41) is 9.19. The van der Waals surface area contributed by atoms with Gasteiger partial charge in [-0.25, -0.2) is 9.78 Å². The lowest BCUT2D eigenvalue weighted by Gasteiger charge is -1.98. The van der Waals surface area contributed by atoms with Crippen LogP contribution in [-0.2, 0) is 0 Å². The van der Waals surface area contributed by atoms with E-state index in [1.54, 1.807) is 18.2 Å². The molecule has 0 amide bonds. The maximum absolute atomic E-state index is 10.6. The first-order chi connectivity index (χ1) is 6.66. The molecule has 0 spiro atoms. The summed E-state index contributed by atoms with van der Waals surface area (Å²) < 4.78 is 0. The number of halogens is 1. The van der Waals surface area contributed by atoms with Gasteiger partial charge in [0, 0.05) is 5.02 Å². The summed E-state index contributed by atoms with van der Waals surface area (Å²) in [6.07, 6.45) is 1.22. The topological polar surface area (TPSA) is 63.1 Å². The Labute approximate surface area is 84.2 Å². The second-order valence-electron chi connectivity index (χ2n) is 2.69. The molecule has 0 atom stereocenters. The van der Waals surface area contributed by atoms with E-state index in [2.05, 4.69) is 9.97 Å². The number of carbonyl (C=O) groups is 1. The van der Waals surface area contributed by atoms with Crippen molar-refractivity contribution in [2.75, 3.05) is 0 Å². The standard InChI is InChI=1S/C9H5ClN2O2/c10-5-1-2-6-7(3-5)12-8(4-11-6)9(13)14/h1-4H,(H,13,14). The number of aromatic carboxylic acids is 1. The molecule has 0 saturated heterocycles. The Bertz CT molecular complexity index is 513. The predicted octanol–water partition coefficient (Wildman–Crippen LogP) is 1.98. The highest BCUT2D eigenvalue weighted by molar-refractivity contribution is 6.31. The maximum atomic E-state index is 10.6. The molecule has 1 heterocycles. The lowest BCUT2D eigenvalue weighted by atomic mass is 10.3. The second kappa shape index (κ2) is 3.23. The predicted molar refractivity (Wildman–Crippen MR) is 51.5 cm³/mol. The molecule has 1 N–H and O–H groups in total. The SMILES string of the molecule is O=C(O)c1cnc2ccc(Cl)cc2n1. The van der Waals surface area contributed by atoms with Crippen LogP contribution in [0.5, 0.6) is 0 Å². The van der Waals surface area contributed by atoms with Gasteiger partial charge in [-0.1, -0.05) is 11.6 Å². The quantitative estimate of drug-likeness (QED) is 0.779. The van der Waals surface area contributed by atoms with Crippen molar-refractivity contribution in [2.24, 2.45) is 0 Å². The van der Waals surface area contributed by atoms with Crippen molar-refractivity contribution in [1.82, 2.24) is 9.97 Å². The van der Waals surface area contributed by atoms with Gasteiger partial charge in [0.1, 0.15) is 0 Å². The molecule has 2 aromatic rings. The molecule has 0 saturated carbocycles. The van der Waals surface area contributed by atoms with E-state index in [9.17, 15) is 4.79 Å². The largest absolute Gasteiger partial charge is 0.476 e. The Kier molecular flexibility index (Phi) is 2.05. The number of aromatic nitrogens is 2. The van der Waals surface area contributed by atoms with Crippen molar-refractivity contribution in [3.63, 3.8) is 0 Å². The Morgan fingerprint density at radius 2 is 2.14 bits per heavy atom. The lowest BCUT2D eigenvalue weighted by molar-refractivity contribution is 0.0690. The van der Waals surface area contributed by atoms with E-state index < -0.39 is 5.97 Å². The van der Waals surface area contributed by atoms with Crippen LogP contribution >= 0.6 is 11.6 Å². The molecule has 0 radical (unpaired) electrons. The fourth-order valence-corrected chi connectivity index (χ4v) is 1.25. The first kappa shape index (κ1) is 8.90. The summed E-state index contributed by atoms with van der Waals surface area (Å²) in [5.41, 5.74) is 1.02. The van der Waals surface area contributed by atoms with Gasteiger partial charge in [0.15, 0.2) is 5.69 Å². The third-order valence-electron chi connectivity index (χ3n) is 1.72. The molecule has 0 fully saturated rings. The second-order valence-corrected chi connectivity index (χ2v) is 3.13. The van der Waals surface area contributed by atoms with Gasteiger partial charge in [-0.3, -0.25) is 4.98 Å². The molecule has 14 heavy (non-hydrogen) atoms. The normalized spacial score (nSPS) is 10.4. The van der Waals surface area contributed by atoms with E-state index >= 15 is 0 Å². The summed E-state index contributed by atoms with van der Waals surface area (Å²) in [7, 11) is 0. The van der Waals surface area contributed by atoms with Crippen LogP contribution in [0.25, 0.3) is 11.0 Å². The van der Waals surface area contributed by atoms with Crippen molar-refractivity contribution in [3.8, 4) is 0 Å². The Hall–Kier alpha value is -1.68. The number of hydrogen-bond acceptors (Lipinski definition) is 3. The van der Waals surface area contributed by atoms with Gasteiger partial charge in [0.2, 0.25) is 0 Å². The Balaban J connectivity index is 2.69. The maximum Gasteiger partial charge on any atom is 0.356 e. The van der Waals surface area contributed by atoms with Gasteiger partial charge in [0.25, 0.3) is 0 Å². The molecule has 0 aliphatic heterocycles. The van der Waals surface area contributed by atoms with Crippen LogP contribution in [0.15, 0.2) is 24.4 Å². The summed E-state index contributed by atoms with van der Waals surface area (Å²) in [4.78, 5) is 18.4. The van der Waals surface area contributed by atoms with Gasteiger partial charge in [0.05, 0.1) is 17.2 Å². The van der Waals surface area contributed by atoms with Crippen LogP contribution < -0.4 is 0 Å². The highest BCUT2D eigenvalue weighted by Crippen LogP contribution is 2.15. The van der Waals surface area contributed by atoms with Crippen molar-refractivity contribution < 1.29 is 9.90 Å². The van der Waals surface area contributed by atoms with E-state index in [4.69, 9.17) is 16.7 Å². The molecule has 0 unspecified atom stereocenters. The molecule has 2 rings (SSSR count). The van der Waals surface area contributed by atoms with Crippen LogP contribution in [0.1, 0.15) is 10.5 Å². The average molecular weight is 209 g/mol. The fraction of sp³-hybridized carbons (Fsp3) is 0. The van der Waals surface area contributed by atoms with Gasteiger partial charge in [-0.15, -0.1) is 0 Å². The Morgan fingerprint density at radius 3 is 2.86 bits per heavy atom. The zero-order valence-electron chi connectivity index (χ0n) is 6.94. The van der Waals surface area contributed by atoms with Gasteiger partial charge in [-0.05, 0) is 18.2 Å². The smallest absolute Gasteiger partial charge is 0.356 e. The summed E-state index contributed by atoms with van der Waals surface area (Å²) in [6.45, 7) is 0. The molecular formula is C9H5ClN2O2. The zero-order chi connectivity index (χ0) is 10.1. The van der Waals surface area contributed by atoms with Gasteiger partial charge in [-0.2, -0.15) is 0 Å². The number of nitrogens with zero attached hydrogens (tertiary/aromatic N) is 2. The van der Waals surface area contributed by atoms with E-state index in [1.165, 1.54) is 6.20 Å². The van der Waals surface area contributed by atoms with E-state index in [1.807, 2.05) is 0 Å². The molecule has 1 aromatic carbocycles. The van der Waals surface area contributed by atoms with Crippen LogP contribution in [0.2, 0.25) is 5.02 Å². The first-order valence-electron chi connectivity index (χ1n) is 3.82. The van der Waals surface area contributed by atoms with Crippen molar-refractivity contribution in [2.45, 2.75) is 0 Å². The van der Waals surface area contributed by atoms with Crippen LogP contribution in [-0.4, -0.2) is 21.0 Å². The molecule has 5 heteroatoms. The zero-order valence-corrected chi connectivity index (χ0v) is 7.69. The van der Waals surface area contributed by atoms with Gasteiger partial charge < -0.3 is 5.11 Å². The average Bonchev–Trinajstić information content (AvgIpc) is 2.16. The third-order valence-corrected chi connectivity index (χ3v) is 1.96. The Morgan fingerprint density at radius 1 is 1.36 bits per heavy atom. The molecule has 70 valence electrons. The number of rotatable bonds is 1. The van der Waals surface area contributed by atoms with Crippen molar-refractivity contribution >= 4 is 28.6 Å². The number of carboxylic acid groups (broad SMARTS) is 1. The van der Waals surface area contributed by atoms with Crippen LogP contribution in [0, 0.1) is 0 Å². The number of carboxylic acids is 1. The first-order valence-corrected chi connectivity index (χ1v) is 4.20. The molecule has 0 aliphatic carbocycles. The molecule has 0 bridgehead atoms. The van der Waals surface area contributed by atoms with Gasteiger partial charge >= 0.3 is 5.97 Å². The molecule has 0 aliphatic rings. The molecular weight excluding hydrogens is 204 g/mol. The number of benzene rings is 1. The summed E-state index contributed by atoms with van der Waals surface area (Å²) in [6, 6.07) is 4.95. The lowest BCUT2D eigenvalue weighted by Crippen LogP contribution is -2.01. The third kappa shape index (κ3) is 1.52. The molecule has 4 nitrogen and oxygen atoms in total. The van der Waals surface area contributed by atoms with E-state index in [0.29, 0.717) is 16.1 Å². The fourth-order valence-electron chi connectivity index (χ4n) is 1.09. The number of hydrogen-bond donors (Lipinski definition) is 1. The summed E-state index contributed by atoms with van der Waals surface area (Å²) in [5.74, 6) is -1.10. The molecule has 1 aromatic heterocycles. The van der Waals surface area contributed by atoms with Crippen molar-refractivity contribution in [3.05, 3.63) is 35.1 Å². The van der Waals surface area contributed by atoms with E-state index in [-0.39, 0.29) is 5.69 Å². The van der Waals surface area contributed by atoms with Crippen LogP contribution in [0.3, 0.4) is 0 Å². The highest BCUT2D eigenvalue weighted by Gasteiger charge is 2.06. The number of fused-ring (bicyclic) bond motifs is 1. The minimum Gasteiger partial charge on any atom is -0.476 e. The highest BCUT2D eigenvalue weighted by atomic mass is 35.5. The minimum absolute atomic E-state index is 0.0835. The summed E-state index contributed by atoms with van der Waals surface area (Å²) >= 11 is 5.74. The monoisotopic (exact) mass is 208 g/mol. The van der Waals surface area contributed by atoms with Crippen LogP contribution in [0.4, 0.5) is 0 Å². The van der Waals surface area contributed by atoms with E-state index in [0.717, 1.165) is 0 Å². The van der Waals surface area contributed by atoms with Crippen molar-refractivity contribution in [1.29, 1.82) is 0 Å². The minimum atomic E-state index is -1.10.